The van der Waals surface area contributed by atoms with Gasteiger partial charge in [0.25, 0.3) is 5.91 Å². The van der Waals surface area contributed by atoms with Crippen LogP contribution in [0.15, 0.2) is 47.4 Å². The number of carbonyl (C=O) groups is 1. The van der Waals surface area contributed by atoms with E-state index >= 15 is 0 Å². The van der Waals surface area contributed by atoms with Crippen molar-refractivity contribution in [2.75, 3.05) is 26.2 Å². The number of rotatable bonds is 5. The van der Waals surface area contributed by atoms with E-state index in [2.05, 4.69) is 0 Å². The molecule has 0 spiro atoms. The van der Waals surface area contributed by atoms with Crippen LogP contribution in [0, 0.1) is 20.8 Å². The fraction of sp³-hybridized carbons (Fsp3) is 0.409. The molecule has 0 bridgehead atoms. The second-order valence-electron chi connectivity index (χ2n) is 7.55. The fourth-order valence-electron chi connectivity index (χ4n) is 3.31. The van der Waals surface area contributed by atoms with E-state index in [1.165, 1.54) is 9.87 Å². The zero-order valence-corrected chi connectivity index (χ0v) is 18.2. The fourth-order valence-corrected chi connectivity index (χ4v) is 4.73. The molecular weight excluding hydrogens is 388 g/mol. The van der Waals surface area contributed by atoms with Crippen molar-refractivity contribution in [3.05, 3.63) is 59.2 Å². The second-order valence-corrected chi connectivity index (χ2v) is 9.49. The summed E-state index contributed by atoms with van der Waals surface area (Å²) in [4.78, 5) is 14.7. The van der Waals surface area contributed by atoms with Gasteiger partial charge < -0.3 is 9.64 Å². The molecule has 1 amide bonds. The summed E-state index contributed by atoms with van der Waals surface area (Å²) in [6, 6.07) is 12.6. The lowest BCUT2D eigenvalue weighted by Crippen LogP contribution is -2.53. The molecule has 1 fully saturated rings. The Kier molecular flexibility index (Phi) is 6.29. The Balaban J connectivity index is 1.60. The highest BCUT2D eigenvalue weighted by atomic mass is 32.2. The molecule has 7 heteroatoms. The molecule has 2 aromatic rings. The van der Waals surface area contributed by atoms with Crippen molar-refractivity contribution < 1.29 is 17.9 Å². The van der Waals surface area contributed by atoms with Crippen LogP contribution in [0.4, 0.5) is 0 Å². The summed E-state index contributed by atoms with van der Waals surface area (Å²) in [6.45, 7) is 8.93. The van der Waals surface area contributed by atoms with Crippen LogP contribution in [-0.4, -0.2) is 55.8 Å². The van der Waals surface area contributed by atoms with Crippen LogP contribution in [0.5, 0.6) is 5.75 Å². The van der Waals surface area contributed by atoms with Crippen molar-refractivity contribution in [2.45, 2.75) is 38.7 Å². The van der Waals surface area contributed by atoms with Gasteiger partial charge in [-0.1, -0.05) is 23.8 Å². The Hall–Kier alpha value is -2.38. The lowest BCUT2D eigenvalue weighted by Gasteiger charge is -2.35. The van der Waals surface area contributed by atoms with Crippen molar-refractivity contribution in [1.82, 2.24) is 9.21 Å². The first-order valence-corrected chi connectivity index (χ1v) is 11.2. The molecule has 0 aliphatic carbocycles. The quantitative estimate of drug-likeness (QED) is 0.752. The molecule has 0 N–H and O–H groups in total. The standard InChI is InChI=1S/C22H28N2O4S/c1-16-5-9-21(10-6-16)29(26,27)24-13-11-23(12-14-24)22(25)19(4)28-20-8-7-17(2)18(3)15-20/h5-10,15,19H,11-14H2,1-4H3/t19-/m1/s1. The summed E-state index contributed by atoms with van der Waals surface area (Å²) in [7, 11) is -3.54. The molecule has 0 unspecified atom stereocenters. The van der Waals surface area contributed by atoms with Crippen LogP contribution in [0.3, 0.4) is 0 Å². The SMILES string of the molecule is Cc1ccc(S(=O)(=O)N2CCN(C(=O)[C@@H](C)Oc3ccc(C)c(C)c3)CC2)cc1. The van der Waals surface area contributed by atoms with Gasteiger partial charge in [0.2, 0.25) is 10.0 Å². The Bertz CT molecular complexity index is 978. The van der Waals surface area contributed by atoms with Gasteiger partial charge >= 0.3 is 0 Å². The first-order chi connectivity index (χ1) is 13.7. The molecule has 0 radical (unpaired) electrons. The lowest BCUT2D eigenvalue weighted by atomic mass is 10.1. The summed E-state index contributed by atoms with van der Waals surface area (Å²) in [5.41, 5.74) is 3.29. The van der Waals surface area contributed by atoms with Gasteiger partial charge in [-0.25, -0.2) is 8.42 Å². The minimum absolute atomic E-state index is 0.129. The molecule has 1 aliphatic rings. The molecule has 1 heterocycles. The third-order valence-corrected chi connectivity index (χ3v) is 7.26. The highest BCUT2D eigenvalue weighted by Crippen LogP contribution is 2.20. The summed E-state index contributed by atoms with van der Waals surface area (Å²) >= 11 is 0. The molecule has 3 rings (SSSR count). The summed E-state index contributed by atoms with van der Waals surface area (Å²) in [6.07, 6.45) is -0.627. The first kappa shape index (κ1) is 21.3. The number of carbonyl (C=O) groups excluding carboxylic acids is 1. The van der Waals surface area contributed by atoms with Gasteiger partial charge in [0.1, 0.15) is 5.75 Å². The molecule has 1 atom stereocenters. The lowest BCUT2D eigenvalue weighted by molar-refractivity contribution is -0.139. The Morgan fingerprint density at radius 3 is 2.14 bits per heavy atom. The van der Waals surface area contributed by atoms with Crippen LogP contribution in [0.1, 0.15) is 23.6 Å². The monoisotopic (exact) mass is 416 g/mol. The number of hydrogen-bond donors (Lipinski definition) is 0. The average molecular weight is 417 g/mol. The van der Waals surface area contributed by atoms with Gasteiger partial charge in [0, 0.05) is 26.2 Å². The van der Waals surface area contributed by atoms with Crippen molar-refractivity contribution in [1.29, 1.82) is 0 Å². The van der Waals surface area contributed by atoms with Gasteiger partial charge in [-0.05, 0) is 63.1 Å². The van der Waals surface area contributed by atoms with E-state index in [1.807, 2.05) is 39.0 Å². The highest BCUT2D eigenvalue weighted by molar-refractivity contribution is 7.89. The Labute approximate surface area is 173 Å². The number of amides is 1. The first-order valence-electron chi connectivity index (χ1n) is 9.78. The smallest absolute Gasteiger partial charge is 0.263 e. The molecule has 2 aromatic carbocycles. The Morgan fingerprint density at radius 1 is 0.931 bits per heavy atom. The van der Waals surface area contributed by atoms with Gasteiger partial charge in [-0.2, -0.15) is 4.31 Å². The number of nitrogens with zero attached hydrogens (tertiary/aromatic N) is 2. The van der Waals surface area contributed by atoms with Crippen LogP contribution < -0.4 is 4.74 Å². The molecule has 0 aromatic heterocycles. The largest absolute Gasteiger partial charge is 0.481 e. The van der Waals surface area contributed by atoms with Crippen LogP contribution in [-0.2, 0) is 14.8 Å². The molecular formula is C22H28N2O4S. The van der Waals surface area contributed by atoms with E-state index in [0.717, 1.165) is 11.1 Å². The minimum atomic E-state index is -3.54. The van der Waals surface area contributed by atoms with E-state index in [1.54, 1.807) is 36.1 Å². The van der Waals surface area contributed by atoms with Gasteiger partial charge in [-0.3, -0.25) is 4.79 Å². The third kappa shape index (κ3) is 4.79. The summed E-state index contributed by atoms with van der Waals surface area (Å²) < 4.78 is 32.9. The number of piperazine rings is 1. The number of benzene rings is 2. The molecule has 156 valence electrons. The van der Waals surface area contributed by atoms with E-state index in [9.17, 15) is 13.2 Å². The van der Waals surface area contributed by atoms with E-state index in [-0.39, 0.29) is 23.9 Å². The number of sulfonamides is 1. The van der Waals surface area contributed by atoms with E-state index < -0.39 is 16.1 Å². The molecule has 6 nitrogen and oxygen atoms in total. The maximum atomic E-state index is 12.8. The maximum absolute atomic E-state index is 12.8. The predicted molar refractivity (Wildman–Crippen MR) is 113 cm³/mol. The zero-order chi connectivity index (χ0) is 21.2. The molecule has 1 aliphatic heterocycles. The van der Waals surface area contributed by atoms with Crippen molar-refractivity contribution in [3.63, 3.8) is 0 Å². The van der Waals surface area contributed by atoms with Crippen LogP contribution in [0.25, 0.3) is 0 Å². The molecule has 29 heavy (non-hydrogen) atoms. The predicted octanol–water partition coefficient (Wildman–Crippen LogP) is 2.91. The second kappa shape index (κ2) is 8.55. The van der Waals surface area contributed by atoms with Gasteiger partial charge in [0.15, 0.2) is 6.10 Å². The Morgan fingerprint density at radius 2 is 1.55 bits per heavy atom. The third-order valence-electron chi connectivity index (χ3n) is 5.35. The number of ether oxygens (including phenoxy) is 1. The highest BCUT2D eigenvalue weighted by Gasteiger charge is 2.32. The van der Waals surface area contributed by atoms with Crippen molar-refractivity contribution in [2.24, 2.45) is 0 Å². The van der Waals surface area contributed by atoms with Gasteiger partial charge in [-0.15, -0.1) is 0 Å². The van der Waals surface area contributed by atoms with Crippen LogP contribution >= 0.6 is 0 Å². The normalized spacial score (nSPS) is 16.5. The number of hydrogen-bond acceptors (Lipinski definition) is 4. The molecule has 0 saturated carbocycles. The summed E-state index contributed by atoms with van der Waals surface area (Å²) in [5.74, 6) is 0.533. The van der Waals surface area contributed by atoms with E-state index in [4.69, 9.17) is 4.74 Å². The molecule has 1 saturated heterocycles. The van der Waals surface area contributed by atoms with Crippen LogP contribution in [0.2, 0.25) is 0 Å². The number of aryl methyl sites for hydroxylation is 3. The summed E-state index contributed by atoms with van der Waals surface area (Å²) in [5, 5.41) is 0. The van der Waals surface area contributed by atoms with Gasteiger partial charge in [0.05, 0.1) is 4.90 Å². The minimum Gasteiger partial charge on any atom is -0.481 e. The van der Waals surface area contributed by atoms with E-state index in [0.29, 0.717) is 18.8 Å². The average Bonchev–Trinajstić information content (AvgIpc) is 2.70. The topological polar surface area (TPSA) is 66.9 Å². The van der Waals surface area contributed by atoms with Crippen molar-refractivity contribution in [3.8, 4) is 5.75 Å². The van der Waals surface area contributed by atoms with Crippen molar-refractivity contribution >= 4 is 15.9 Å². The maximum Gasteiger partial charge on any atom is 0.263 e. The zero-order valence-electron chi connectivity index (χ0n) is 17.4.